The zero-order valence-electron chi connectivity index (χ0n) is 13.3. The normalized spacial score (nSPS) is 15.9. The van der Waals surface area contributed by atoms with Crippen LogP contribution in [-0.4, -0.2) is 29.3 Å². The largest absolute Gasteiger partial charge is 0.330 e. The van der Waals surface area contributed by atoms with Crippen LogP contribution in [0.2, 0.25) is 0 Å². The molecule has 9 heteroatoms. The summed E-state index contributed by atoms with van der Waals surface area (Å²) in [5, 5.41) is 12.7. The first-order valence-corrected chi connectivity index (χ1v) is 8.73. The minimum absolute atomic E-state index is 0.296. The Labute approximate surface area is 137 Å². The van der Waals surface area contributed by atoms with E-state index in [9.17, 15) is 9.59 Å². The fraction of sp³-hybridized carbons (Fsp3) is 0.643. The topological polar surface area (TPSA) is 87.6 Å². The molecule has 2 aromatic rings. The van der Waals surface area contributed by atoms with Crippen molar-refractivity contribution in [2.75, 3.05) is 0 Å². The van der Waals surface area contributed by atoms with Gasteiger partial charge in [-0.3, -0.25) is 13.9 Å². The van der Waals surface area contributed by atoms with Crippen LogP contribution in [0.15, 0.2) is 20.8 Å². The predicted octanol–water partition coefficient (Wildman–Crippen LogP) is 0.868. The van der Waals surface area contributed by atoms with Gasteiger partial charge in [-0.25, -0.2) is 9.48 Å². The smallest absolute Gasteiger partial charge is 0.300 e. The van der Waals surface area contributed by atoms with Crippen molar-refractivity contribution in [1.82, 2.24) is 29.3 Å². The number of nitrogens with zero attached hydrogens (tertiary/aromatic N) is 6. The Kier molecular flexibility index (Phi) is 4.65. The molecule has 8 nitrogen and oxygen atoms in total. The zero-order valence-corrected chi connectivity index (χ0v) is 14.1. The lowest BCUT2D eigenvalue weighted by Gasteiger charge is -2.22. The van der Waals surface area contributed by atoms with E-state index in [1.807, 2.05) is 4.68 Å². The predicted molar refractivity (Wildman–Crippen MR) is 86.4 cm³/mol. The van der Waals surface area contributed by atoms with E-state index in [0.29, 0.717) is 17.5 Å². The van der Waals surface area contributed by atoms with Gasteiger partial charge in [0, 0.05) is 31.6 Å². The molecule has 0 radical (unpaired) electrons. The highest BCUT2D eigenvalue weighted by Gasteiger charge is 2.20. The average Bonchev–Trinajstić information content (AvgIpc) is 3.04. The maximum atomic E-state index is 12.0. The quantitative estimate of drug-likeness (QED) is 0.770. The van der Waals surface area contributed by atoms with E-state index in [1.165, 1.54) is 48.7 Å². The Hall–Kier alpha value is -1.90. The maximum absolute atomic E-state index is 12.0. The zero-order chi connectivity index (χ0) is 16.4. The van der Waals surface area contributed by atoms with Crippen molar-refractivity contribution in [3.8, 4) is 0 Å². The molecule has 124 valence electrons. The first kappa shape index (κ1) is 16.0. The summed E-state index contributed by atoms with van der Waals surface area (Å²) in [5.74, 6) is 0.481. The van der Waals surface area contributed by atoms with E-state index in [1.54, 1.807) is 7.05 Å². The van der Waals surface area contributed by atoms with Gasteiger partial charge in [-0.1, -0.05) is 31.0 Å². The molecule has 3 rings (SSSR count). The van der Waals surface area contributed by atoms with Gasteiger partial charge in [0.25, 0.3) is 5.56 Å². The van der Waals surface area contributed by atoms with Crippen molar-refractivity contribution < 1.29 is 0 Å². The molecule has 0 atom stereocenters. The third kappa shape index (κ3) is 3.24. The van der Waals surface area contributed by atoms with Gasteiger partial charge in [0.15, 0.2) is 0 Å². The van der Waals surface area contributed by atoms with Crippen LogP contribution in [-0.2, 0) is 19.8 Å². The first-order valence-electron chi connectivity index (χ1n) is 7.74. The number of tetrazole rings is 1. The third-order valence-corrected chi connectivity index (χ3v) is 5.32. The van der Waals surface area contributed by atoms with E-state index in [4.69, 9.17) is 0 Å². The minimum atomic E-state index is -0.319. The summed E-state index contributed by atoms with van der Waals surface area (Å²) < 4.78 is 4.48. The van der Waals surface area contributed by atoms with E-state index >= 15 is 0 Å². The molecule has 0 spiro atoms. The highest BCUT2D eigenvalue weighted by Crippen LogP contribution is 2.30. The SMILES string of the molecule is Cn1c(CSc2nnnn2C2CCCCC2)cc(=O)n(C)c1=O. The second kappa shape index (κ2) is 6.69. The van der Waals surface area contributed by atoms with E-state index in [-0.39, 0.29) is 11.2 Å². The average molecular weight is 336 g/mol. The highest BCUT2D eigenvalue weighted by atomic mass is 32.2. The molecule has 1 aliphatic carbocycles. The number of thioether (sulfide) groups is 1. The molecule has 0 aliphatic heterocycles. The molecule has 1 saturated carbocycles. The first-order chi connectivity index (χ1) is 11.1. The van der Waals surface area contributed by atoms with Gasteiger partial charge in [-0.05, 0) is 23.3 Å². The Morgan fingerprint density at radius 3 is 2.65 bits per heavy atom. The molecule has 1 fully saturated rings. The molecule has 0 N–H and O–H groups in total. The van der Waals surface area contributed by atoms with Crippen LogP contribution in [0.25, 0.3) is 0 Å². The second-order valence-corrected chi connectivity index (χ2v) is 6.80. The van der Waals surface area contributed by atoms with Crippen molar-refractivity contribution >= 4 is 11.8 Å². The summed E-state index contributed by atoms with van der Waals surface area (Å²) in [5.41, 5.74) is 0.0526. The van der Waals surface area contributed by atoms with Gasteiger partial charge in [0.05, 0.1) is 6.04 Å². The molecule has 23 heavy (non-hydrogen) atoms. The van der Waals surface area contributed by atoms with Crippen molar-refractivity contribution in [3.63, 3.8) is 0 Å². The molecule has 0 bridgehead atoms. The number of hydrogen-bond acceptors (Lipinski definition) is 6. The van der Waals surface area contributed by atoms with Crippen molar-refractivity contribution in [3.05, 3.63) is 32.6 Å². The summed E-state index contributed by atoms with van der Waals surface area (Å²) in [6.45, 7) is 0. The lowest BCUT2D eigenvalue weighted by molar-refractivity contribution is 0.307. The van der Waals surface area contributed by atoms with Crippen LogP contribution in [0.5, 0.6) is 0 Å². The fourth-order valence-corrected chi connectivity index (χ4v) is 3.86. The van der Waals surface area contributed by atoms with E-state index in [2.05, 4.69) is 15.5 Å². The molecular weight excluding hydrogens is 316 g/mol. The molecule has 2 heterocycles. The van der Waals surface area contributed by atoms with Crippen LogP contribution in [0.4, 0.5) is 0 Å². The fourth-order valence-electron chi connectivity index (χ4n) is 2.89. The lowest BCUT2D eigenvalue weighted by Crippen LogP contribution is -2.37. The summed E-state index contributed by atoms with van der Waals surface area (Å²) >= 11 is 1.46. The third-order valence-electron chi connectivity index (χ3n) is 4.36. The van der Waals surface area contributed by atoms with E-state index < -0.39 is 0 Å². The van der Waals surface area contributed by atoms with Gasteiger partial charge in [0.1, 0.15) is 0 Å². The monoisotopic (exact) mass is 336 g/mol. The van der Waals surface area contributed by atoms with Crippen molar-refractivity contribution in [2.24, 2.45) is 14.1 Å². The standard InChI is InChI=1S/C14H20N6O2S/c1-18-11(8-12(21)19(2)14(18)22)9-23-13-15-16-17-20(13)10-6-4-3-5-7-10/h8,10H,3-7,9H2,1-2H3. The number of rotatable bonds is 4. The highest BCUT2D eigenvalue weighted by molar-refractivity contribution is 7.98. The second-order valence-electron chi connectivity index (χ2n) is 5.86. The van der Waals surface area contributed by atoms with Gasteiger partial charge < -0.3 is 0 Å². The Morgan fingerprint density at radius 2 is 1.91 bits per heavy atom. The molecule has 0 saturated heterocycles. The van der Waals surface area contributed by atoms with Crippen LogP contribution in [0.1, 0.15) is 43.8 Å². The molecule has 0 amide bonds. The van der Waals surface area contributed by atoms with Crippen LogP contribution in [0.3, 0.4) is 0 Å². The Morgan fingerprint density at radius 1 is 1.17 bits per heavy atom. The van der Waals surface area contributed by atoms with Gasteiger partial charge in [-0.2, -0.15) is 0 Å². The molecule has 1 aliphatic rings. The molecular formula is C14H20N6O2S. The van der Waals surface area contributed by atoms with Crippen LogP contribution < -0.4 is 11.2 Å². The van der Waals surface area contributed by atoms with E-state index in [0.717, 1.165) is 22.6 Å². The van der Waals surface area contributed by atoms with Gasteiger partial charge in [0.2, 0.25) is 5.16 Å². The van der Waals surface area contributed by atoms with Crippen molar-refractivity contribution in [1.29, 1.82) is 0 Å². The Balaban J connectivity index is 1.78. The lowest BCUT2D eigenvalue weighted by atomic mass is 9.96. The minimum Gasteiger partial charge on any atom is -0.300 e. The number of aromatic nitrogens is 6. The molecule has 0 aromatic carbocycles. The summed E-state index contributed by atoms with van der Waals surface area (Å²) in [4.78, 5) is 23.7. The van der Waals surface area contributed by atoms with Crippen molar-refractivity contribution in [2.45, 2.75) is 49.1 Å². The molecule has 0 unspecified atom stereocenters. The Bertz CT molecular complexity index is 802. The summed E-state index contributed by atoms with van der Waals surface area (Å²) in [7, 11) is 3.15. The van der Waals surface area contributed by atoms with Crippen LogP contribution >= 0.6 is 11.8 Å². The van der Waals surface area contributed by atoms with Crippen LogP contribution in [0, 0.1) is 0 Å². The van der Waals surface area contributed by atoms with Gasteiger partial charge >= 0.3 is 5.69 Å². The molecule has 2 aromatic heterocycles. The maximum Gasteiger partial charge on any atom is 0.330 e. The number of hydrogen-bond donors (Lipinski definition) is 0. The van der Waals surface area contributed by atoms with Gasteiger partial charge in [-0.15, -0.1) is 5.10 Å². The summed E-state index contributed by atoms with van der Waals surface area (Å²) in [6, 6.07) is 1.84. The summed E-state index contributed by atoms with van der Waals surface area (Å²) in [6.07, 6.45) is 5.89.